The molecule has 178 valence electrons. The van der Waals surface area contributed by atoms with Crippen molar-refractivity contribution in [2.75, 3.05) is 18.4 Å². The molecule has 2 aliphatic rings. The second-order valence-corrected chi connectivity index (χ2v) is 12.4. The molecule has 0 unspecified atom stereocenters. The minimum absolute atomic E-state index is 0.181. The number of carbonyl (C=O) groups excluding carboxylic acids is 2. The first-order valence-corrected chi connectivity index (χ1v) is 13.8. The maximum absolute atomic E-state index is 13.1. The Morgan fingerprint density at radius 1 is 1.03 bits per heavy atom. The molecule has 2 aromatic rings. The Morgan fingerprint density at radius 2 is 1.67 bits per heavy atom. The van der Waals surface area contributed by atoms with Crippen LogP contribution in [0.2, 0.25) is 0 Å². The number of primary amides is 1. The summed E-state index contributed by atoms with van der Waals surface area (Å²) in [5.74, 6) is -0.294. The number of thiophene rings is 1. The van der Waals surface area contributed by atoms with Gasteiger partial charge in [-0.05, 0) is 73.8 Å². The number of sulfonamides is 1. The van der Waals surface area contributed by atoms with Crippen molar-refractivity contribution in [2.45, 2.75) is 57.3 Å². The minimum Gasteiger partial charge on any atom is -0.365 e. The highest BCUT2D eigenvalue weighted by Gasteiger charge is 2.32. The third-order valence-electron chi connectivity index (χ3n) is 6.48. The van der Waals surface area contributed by atoms with Crippen LogP contribution in [0.1, 0.15) is 70.7 Å². The fourth-order valence-electron chi connectivity index (χ4n) is 5.00. The molecular weight excluding hydrogens is 458 g/mol. The number of aryl methyl sites for hydroxylation is 1. The molecule has 1 aromatic heterocycles. The highest BCUT2D eigenvalue weighted by molar-refractivity contribution is 7.89. The summed E-state index contributed by atoms with van der Waals surface area (Å²) in [7, 11) is -3.61. The third kappa shape index (κ3) is 5.00. The SMILES string of the molecule is C[C@@H]1C[C@@H](C)CN(S(=O)(=O)c2ccc(C(=O)Nc3sc4c(c3C(N)=O)CCCCC4)cc2)C1. The summed E-state index contributed by atoms with van der Waals surface area (Å²) >= 11 is 1.42. The molecule has 1 saturated heterocycles. The molecular formula is C24H31N3O4S2. The molecule has 4 rings (SSSR count). The molecule has 7 nitrogen and oxygen atoms in total. The zero-order valence-corrected chi connectivity index (χ0v) is 20.7. The molecule has 1 aliphatic carbocycles. The van der Waals surface area contributed by atoms with Crippen molar-refractivity contribution in [2.24, 2.45) is 17.6 Å². The van der Waals surface area contributed by atoms with Gasteiger partial charge in [0.15, 0.2) is 0 Å². The van der Waals surface area contributed by atoms with Crippen molar-refractivity contribution < 1.29 is 18.0 Å². The molecule has 1 aliphatic heterocycles. The van der Waals surface area contributed by atoms with E-state index >= 15 is 0 Å². The van der Waals surface area contributed by atoms with Crippen LogP contribution in [0, 0.1) is 11.8 Å². The van der Waals surface area contributed by atoms with Gasteiger partial charge in [0.1, 0.15) is 5.00 Å². The Bertz CT molecular complexity index is 1150. The number of nitrogens with two attached hydrogens (primary N) is 1. The van der Waals surface area contributed by atoms with E-state index in [0.717, 1.165) is 49.0 Å². The molecule has 0 spiro atoms. The number of nitrogens with one attached hydrogen (secondary N) is 1. The summed E-state index contributed by atoms with van der Waals surface area (Å²) in [5.41, 5.74) is 7.36. The van der Waals surface area contributed by atoms with Crippen molar-refractivity contribution >= 4 is 38.2 Å². The number of hydrogen-bond donors (Lipinski definition) is 2. The Kier molecular flexibility index (Phi) is 6.93. The summed E-state index contributed by atoms with van der Waals surface area (Å²) in [6.07, 6.45) is 5.87. The molecule has 0 saturated carbocycles. The summed E-state index contributed by atoms with van der Waals surface area (Å²) in [5, 5.41) is 3.32. The predicted octanol–water partition coefficient (Wildman–Crippen LogP) is 4.03. The van der Waals surface area contributed by atoms with E-state index in [1.54, 1.807) is 4.31 Å². The molecule has 2 amide bonds. The lowest BCUT2D eigenvalue weighted by atomic mass is 9.94. The number of anilines is 1. The first-order valence-electron chi connectivity index (χ1n) is 11.5. The number of carbonyl (C=O) groups is 2. The fourth-order valence-corrected chi connectivity index (χ4v) is 7.97. The van der Waals surface area contributed by atoms with E-state index in [1.807, 2.05) is 0 Å². The maximum Gasteiger partial charge on any atom is 0.256 e. The lowest BCUT2D eigenvalue weighted by Crippen LogP contribution is -2.42. The van der Waals surface area contributed by atoms with Gasteiger partial charge in [-0.2, -0.15) is 4.31 Å². The van der Waals surface area contributed by atoms with Crippen LogP contribution in [0.3, 0.4) is 0 Å². The second-order valence-electron chi connectivity index (χ2n) is 9.38. The highest BCUT2D eigenvalue weighted by Crippen LogP contribution is 2.37. The summed E-state index contributed by atoms with van der Waals surface area (Å²) < 4.78 is 27.7. The van der Waals surface area contributed by atoms with Crippen molar-refractivity contribution in [1.29, 1.82) is 0 Å². The van der Waals surface area contributed by atoms with Gasteiger partial charge in [-0.15, -0.1) is 11.3 Å². The van der Waals surface area contributed by atoms with Crippen LogP contribution in [0.5, 0.6) is 0 Å². The third-order valence-corrected chi connectivity index (χ3v) is 9.54. The molecule has 0 radical (unpaired) electrons. The van der Waals surface area contributed by atoms with E-state index in [4.69, 9.17) is 5.73 Å². The predicted molar refractivity (Wildman–Crippen MR) is 130 cm³/mol. The van der Waals surface area contributed by atoms with Gasteiger partial charge in [0, 0.05) is 23.5 Å². The lowest BCUT2D eigenvalue weighted by Gasteiger charge is -2.34. The van der Waals surface area contributed by atoms with Gasteiger partial charge in [-0.3, -0.25) is 9.59 Å². The number of nitrogens with zero attached hydrogens (tertiary/aromatic N) is 1. The molecule has 2 heterocycles. The molecule has 33 heavy (non-hydrogen) atoms. The van der Waals surface area contributed by atoms with E-state index in [-0.39, 0.29) is 4.90 Å². The highest BCUT2D eigenvalue weighted by atomic mass is 32.2. The average molecular weight is 490 g/mol. The van der Waals surface area contributed by atoms with Crippen molar-refractivity contribution in [3.05, 3.63) is 45.8 Å². The number of amides is 2. The van der Waals surface area contributed by atoms with Gasteiger partial charge in [-0.1, -0.05) is 20.3 Å². The van der Waals surface area contributed by atoms with Crippen LogP contribution in [-0.4, -0.2) is 37.6 Å². The number of benzene rings is 1. The first-order chi connectivity index (χ1) is 15.7. The lowest BCUT2D eigenvalue weighted by molar-refractivity contribution is 0.100. The van der Waals surface area contributed by atoms with Gasteiger partial charge in [0.2, 0.25) is 10.0 Å². The summed E-state index contributed by atoms with van der Waals surface area (Å²) in [6, 6.07) is 5.99. The topological polar surface area (TPSA) is 110 Å². The van der Waals surface area contributed by atoms with Crippen LogP contribution >= 0.6 is 11.3 Å². The van der Waals surface area contributed by atoms with E-state index in [0.29, 0.717) is 41.1 Å². The van der Waals surface area contributed by atoms with Crippen LogP contribution in [0.25, 0.3) is 0 Å². The Labute approximate surface area is 199 Å². The summed E-state index contributed by atoms with van der Waals surface area (Å²) in [6.45, 7) is 5.15. The second kappa shape index (κ2) is 9.56. The fraction of sp³-hybridized carbons (Fsp3) is 0.500. The monoisotopic (exact) mass is 489 g/mol. The van der Waals surface area contributed by atoms with E-state index < -0.39 is 21.8 Å². The first kappa shape index (κ1) is 23.9. The average Bonchev–Trinajstić information content (AvgIpc) is 2.94. The number of hydrogen-bond acceptors (Lipinski definition) is 5. The van der Waals surface area contributed by atoms with Crippen LogP contribution in [-0.2, 0) is 22.9 Å². The van der Waals surface area contributed by atoms with E-state index in [2.05, 4.69) is 19.2 Å². The standard InChI is InChI=1S/C24H31N3O4S2/c1-15-12-16(2)14-27(13-15)33(30,31)18-10-8-17(9-11-18)23(29)26-24-21(22(25)28)19-6-4-3-5-7-20(19)32-24/h8-11,15-16H,3-7,12-14H2,1-2H3,(H2,25,28)(H,26,29)/t15-,16-/m1/s1. The molecule has 1 fully saturated rings. The van der Waals surface area contributed by atoms with Gasteiger partial charge >= 0.3 is 0 Å². The molecule has 1 aromatic carbocycles. The normalized spacial score (nSPS) is 21.8. The minimum atomic E-state index is -3.61. The zero-order chi connectivity index (χ0) is 23.8. The van der Waals surface area contributed by atoms with Crippen molar-refractivity contribution in [3.63, 3.8) is 0 Å². The smallest absolute Gasteiger partial charge is 0.256 e. The Balaban J connectivity index is 1.53. The molecule has 3 N–H and O–H groups in total. The molecule has 2 atom stereocenters. The number of rotatable bonds is 5. The Morgan fingerprint density at radius 3 is 2.30 bits per heavy atom. The van der Waals surface area contributed by atoms with E-state index in [1.165, 1.54) is 35.6 Å². The van der Waals surface area contributed by atoms with Crippen LogP contribution in [0.15, 0.2) is 29.2 Å². The van der Waals surface area contributed by atoms with Gasteiger partial charge in [0.05, 0.1) is 10.5 Å². The van der Waals surface area contributed by atoms with Crippen LogP contribution < -0.4 is 11.1 Å². The quantitative estimate of drug-likeness (QED) is 0.618. The maximum atomic E-state index is 13.1. The molecule has 0 bridgehead atoms. The van der Waals surface area contributed by atoms with Crippen molar-refractivity contribution in [1.82, 2.24) is 4.31 Å². The largest absolute Gasteiger partial charge is 0.365 e. The van der Waals surface area contributed by atoms with Gasteiger partial charge in [0.25, 0.3) is 11.8 Å². The van der Waals surface area contributed by atoms with Gasteiger partial charge < -0.3 is 11.1 Å². The number of piperidine rings is 1. The molecule has 9 heteroatoms. The van der Waals surface area contributed by atoms with E-state index in [9.17, 15) is 18.0 Å². The zero-order valence-electron chi connectivity index (χ0n) is 19.1. The van der Waals surface area contributed by atoms with Gasteiger partial charge in [-0.25, -0.2) is 8.42 Å². The van der Waals surface area contributed by atoms with Crippen molar-refractivity contribution in [3.8, 4) is 0 Å². The summed E-state index contributed by atoms with van der Waals surface area (Å²) in [4.78, 5) is 26.3. The van der Waals surface area contributed by atoms with Crippen LogP contribution in [0.4, 0.5) is 5.00 Å². The number of fused-ring (bicyclic) bond motifs is 1. The Hall–Kier alpha value is -2.23.